The van der Waals surface area contributed by atoms with Gasteiger partial charge in [0, 0.05) is 15.1 Å². The largest absolute Gasteiger partial charge is 0.321 e. The maximum atomic E-state index is 12.2. The molecule has 0 atom stereocenters. The number of hydrogen-bond acceptors (Lipinski definition) is 3. The van der Waals surface area contributed by atoms with Crippen molar-refractivity contribution >= 4 is 45.4 Å². The minimum absolute atomic E-state index is 0.0666. The first-order valence-corrected chi connectivity index (χ1v) is 8.47. The van der Waals surface area contributed by atoms with E-state index in [1.165, 1.54) is 0 Å². The van der Waals surface area contributed by atoms with Crippen molar-refractivity contribution < 1.29 is 4.79 Å². The standard InChI is InChI=1S/C17H13BrN2OS/c1-22-16-7-5-12(6-8-16)9-13(11-19)17(21)20-15-4-2-3-14(18)10-15/h2-10H,1H3,(H,20,21). The van der Waals surface area contributed by atoms with E-state index in [0.29, 0.717) is 5.69 Å². The smallest absolute Gasteiger partial charge is 0.266 e. The van der Waals surface area contributed by atoms with Crippen LogP contribution in [0.25, 0.3) is 6.08 Å². The molecule has 5 heteroatoms. The quantitative estimate of drug-likeness (QED) is 0.480. The van der Waals surface area contributed by atoms with Crippen LogP contribution in [0.15, 0.2) is 63.5 Å². The van der Waals surface area contributed by atoms with Gasteiger partial charge in [-0.2, -0.15) is 5.26 Å². The number of nitrogens with zero attached hydrogens (tertiary/aromatic N) is 1. The molecule has 0 fully saturated rings. The van der Waals surface area contributed by atoms with Gasteiger partial charge in [0.1, 0.15) is 11.6 Å². The van der Waals surface area contributed by atoms with E-state index in [4.69, 9.17) is 0 Å². The molecule has 2 aromatic rings. The number of hydrogen-bond donors (Lipinski definition) is 1. The second kappa shape index (κ2) is 7.83. The van der Waals surface area contributed by atoms with Crippen LogP contribution in [0.3, 0.4) is 0 Å². The van der Waals surface area contributed by atoms with Crippen molar-refractivity contribution in [1.29, 1.82) is 5.26 Å². The summed E-state index contributed by atoms with van der Waals surface area (Å²) in [6.07, 6.45) is 3.58. The number of nitrogens with one attached hydrogen (secondary N) is 1. The van der Waals surface area contributed by atoms with Crippen LogP contribution in [-0.2, 0) is 4.79 Å². The maximum absolute atomic E-state index is 12.2. The number of thioether (sulfide) groups is 1. The Morgan fingerprint density at radius 2 is 2.00 bits per heavy atom. The van der Waals surface area contributed by atoms with Gasteiger partial charge in [0.25, 0.3) is 5.91 Å². The number of nitriles is 1. The fourth-order valence-electron chi connectivity index (χ4n) is 1.78. The summed E-state index contributed by atoms with van der Waals surface area (Å²) in [5.41, 5.74) is 1.52. The normalized spacial score (nSPS) is 10.9. The highest BCUT2D eigenvalue weighted by Crippen LogP contribution is 2.18. The molecule has 0 aliphatic carbocycles. The Balaban J connectivity index is 2.17. The van der Waals surface area contributed by atoms with E-state index < -0.39 is 5.91 Å². The van der Waals surface area contributed by atoms with Crippen LogP contribution in [0, 0.1) is 11.3 Å². The van der Waals surface area contributed by atoms with Gasteiger partial charge in [-0.15, -0.1) is 11.8 Å². The zero-order chi connectivity index (χ0) is 15.9. The van der Waals surface area contributed by atoms with Crippen molar-refractivity contribution in [3.05, 3.63) is 64.1 Å². The van der Waals surface area contributed by atoms with Gasteiger partial charge in [0.15, 0.2) is 0 Å². The van der Waals surface area contributed by atoms with Gasteiger partial charge >= 0.3 is 0 Å². The molecule has 22 heavy (non-hydrogen) atoms. The highest BCUT2D eigenvalue weighted by molar-refractivity contribution is 9.10. The van der Waals surface area contributed by atoms with Crippen LogP contribution in [-0.4, -0.2) is 12.2 Å². The van der Waals surface area contributed by atoms with Crippen molar-refractivity contribution in [3.63, 3.8) is 0 Å². The van der Waals surface area contributed by atoms with E-state index in [1.807, 2.05) is 48.7 Å². The van der Waals surface area contributed by atoms with Crippen LogP contribution < -0.4 is 5.32 Å². The van der Waals surface area contributed by atoms with Crippen molar-refractivity contribution in [1.82, 2.24) is 0 Å². The van der Waals surface area contributed by atoms with Crippen LogP contribution in [0.1, 0.15) is 5.56 Å². The Morgan fingerprint density at radius 1 is 1.27 bits per heavy atom. The summed E-state index contributed by atoms with van der Waals surface area (Å²) in [7, 11) is 0. The zero-order valence-electron chi connectivity index (χ0n) is 11.8. The third-order valence-corrected chi connectivity index (χ3v) is 4.11. The highest BCUT2D eigenvalue weighted by atomic mass is 79.9. The molecular weight excluding hydrogens is 360 g/mol. The highest BCUT2D eigenvalue weighted by Gasteiger charge is 2.09. The first-order chi connectivity index (χ1) is 10.6. The molecule has 0 aliphatic heterocycles. The number of rotatable bonds is 4. The third kappa shape index (κ3) is 4.48. The fourth-order valence-corrected chi connectivity index (χ4v) is 2.59. The van der Waals surface area contributed by atoms with Crippen molar-refractivity contribution in [3.8, 4) is 6.07 Å². The van der Waals surface area contributed by atoms with E-state index >= 15 is 0 Å². The second-order valence-corrected chi connectivity index (χ2v) is 6.20. The molecule has 2 aromatic carbocycles. The molecule has 1 amide bonds. The van der Waals surface area contributed by atoms with Crippen LogP contribution in [0.5, 0.6) is 0 Å². The SMILES string of the molecule is CSc1ccc(C=C(C#N)C(=O)Nc2cccc(Br)c2)cc1. The Morgan fingerprint density at radius 3 is 2.59 bits per heavy atom. The first-order valence-electron chi connectivity index (χ1n) is 6.45. The van der Waals surface area contributed by atoms with Crippen LogP contribution >= 0.6 is 27.7 Å². The molecule has 3 nitrogen and oxygen atoms in total. The molecule has 0 heterocycles. The van der Waals surface area contributed by atoms with Crippen molar-refractivity contribution in [2.45, 2.75) is 4.90 Å². The Hall–Kier alpha value is -2.03. The van der Waals surface area contributed by atoms with Gasteiger partial charge in [-0.05, 0) is 48.2 Å². The van der Waals surface area contributed by atoms with Crippen LogP contribution in [0.2, 0.25) is 0 Å². The zero-order valence-corrected chi connectivity index (χ0v) is 14.2. The summed E-state index contributed by atoms with van der Waals surface area (Å²) in [4.78, 5) is 13.3. The van der Waals surface area contributed by atoms with E-state index in [1.54, 1.807) is 30.0 Å². The fraction of sp³-hybridized carbons (Fsp3) is 0.0588. The predicted molar refractivity (Wildman–Crippen MR) is 94.6 cm³/mol. The minimum Gasteiger partial charge on any atom is -0.321 e. The molecule has 0 radical (unpaired) electrons. The molecule has 0 aliphatic rings. The summed E-state index contributed by atoms with van der Waals surface area (Å²) in [5.74, 6) is -0.422. The number of carbonyl (C=O) groups excluding carboxylic acids is 1. The molecule has 0 saturated carbocycles. The van der Waals surface area contributed by atoms with Crippen molar-refractivity contribution in [2.75, 3.05) is 11.6 Å². The second-order valence-electron chi connectivity index (χ2n) is 4.41. The van der Waals surface area contributed by atoms with E-state index in [2.05, 4.69) is 21.2 Å². The lowest BCUT2D eigenvalue weighted by atomic mass is 10.1. The Kier molecular flexibility index (Phi) is 5.82. The maximum Gasteiger partial charge on any atom is 0.266 e. The van der Waals surface area contributed by atoms with E-state index in [-0.39, 0.29) is 5.57 Å². The van der Waals surface area contributed by atoms with Gasteiger partial charge in [-0.1, -0.05) is 34.1 Å². The molecule has 0 bridgehead atoms. The topological polar surface area (TPSA) is 52.9 Å². The van der Waals surface area contributed by atoms with E-state index in [0.717, 1.165) is 14.9 Å². The Labute approximate surface area is 142 Å². The molecule has 110 valence electrons. The monoisotopic (exact) mass is 372 g/mol. The lowest BCUT2D eigenvalue weighted by Crippen LogP contribution is -2.13. The molecular formula is C17H13BrN2OS. The van der Waals surface area contributed by atoms with Crippen LogP contribution in [0.4, 0.5) is 5.69 Å². The Bertz CT molecular complexity index is 748. The molecule has 2 rings (SSSR count). The number of anilines is 1. The summed E-state index contributed by atoms with van der Waals surface area (Å²) in [5, 5.41) is 11.9. The van der Waals surface area contributed by atoms with Gasteiger partial charge < -0.3 is 5.32 Å². The molecule has 0 aromatic heterocycles. The summed E-state index contributed by atoms with van der Waals surface area (Å²) < 4.78 is 0.862. The summed E-state index contributed by atoms with van der Waals surface area (Å²) in [6, 6.07) is 16.9. The predicted octanol–water partition coefficient (Wildman–Crippen LogP) is 4.72. The van der Waals surface area contributed by atoms with Gasteiger partial charge in [0.2, 0.25) is 0 Å². The molecule has 0 spiro atoms. The number of benzene rings is 2. The third-order valence-electron chi connectivity index (χ3n) is 2.87. The molecule has 1 N–H and O–H groups in total. The average molecular weight is 373 g/mol. The van der Waals surface area contributed by atoms with Crippen molar-refractivity contribution in [2.24, 2.45) is 0 Å². The number of halogens is 1. The average Bonchev–Trinajstić information content (AvgIpc) is 2.53. The summed E-state index contributed by atoms with van der Waals surface area (Å²) >= 11 is 4.98. The lowest BCUT2D eigenvalue weighted by molar-refractivity contribution is -0.112. The lowest BCUT2D eigenvalue weighted by Gasteiger charge is -2.05. The number of amides is 1. The minimum atomic E-state index is -0.422. The summed E-state index contributed by atoms with van der Waals surface area (Å²) in [6.45, 7) is 0. The van der Waals surface area contributed by atoms with Gasteiger partial charge in [-0.3, -0.25) is 4.79 Å². The first kappa shape index (κ1) is 16.3. The van der Waals surface area contributed by atoms with E-state index in [9.17, 15) is 10.1 Å². The molecule has 0 unspecified atom stereocenters. The van der Waals surface area contributed by atoms with Gasteiger partial charge in [0.05, 0.1) is 0 Å². The molecule has 0 saturated heterocycles. The number of carbonyl (C=O) groups is 1. The van der Waals surface area contributed by atoms with Gasteiger partial charge in [-0.25, -0.2) is 0 Å².